The van der Waals surface area contributed by atoms with Crippen molar-refractivity contribution in [2.45, 2.75) is 18.9 Å². The van der Waals surface area contributed by atoms with Gasteiger partial charge in [-0.15, -0.1) is 0 Å². The van der Waals surface area contributed by atoms with Gasteiger partial charge >= 0.3 is 5.97 Å². The lowest BCUT2D eigenvalue weighted by Gasteiger charge is -2.11. The van der Waals surface area contributed by atoms with E-state index in [-0.39, 0.29) is 24.5 Å². The number of phenols is 2. The van der Waals surface area contributed by atoms with Gasteiger partial charge in [-0.2, -0.15) is 0 Å². The molecule has 3 N–H and O–H groups in total. The molecule has 0 amide bonds. The van der Waals surface area contributed by atoms with E-state index < -0.39 is 12.1 Å². The van der Waals surface area contributed by atoms with Crippen molar-refractivity contribution in [3.05, 3.63) is 59.7 Å². The highest BCUT2D eigenvalue weighted by Gasteiger charge is 2.14. The molecule has 0 spiro atoms. The number of carbonyl (C=O) groups excluding carboxylic acids is 1. The Bertz CT molecular complexity index is 604. The summed E-state index contributed by atoms with van der Waals surface area (Å²) in [4.78, 5) is 11.7. The van der Waals surface area contributed by atoms with Crippen molar-refractivity contribution in [2.24, 2.45) is 0 Å². The molecule has 0 saturated carbocycles. The first-order valence-corrected chi connectivity index (χ1v) is 6.95. The molecule has 0 radical (unpaired) electrons. The predicted molar refractivity (Wildman–Crippen MR) is 80.5 cm³/mol. The van der Waals surface area contributed by atoms with Crippen LogP contribution in [0.4, 0.5) is 0 Å². The molecule has 0 aliphatic heterocycles. The van der Waals surface area contributed by atoms with Crippen molar-refractivity contribution in [1.82, 2.24) is 0 Å². The van der Waals surface area contributed by atoms with E-state index in [9.17, 15) is 15.0 Å². The molecule has 0 fully saturated rings. The average molecular weight is 302 g/mol. The second-order valence-electron chi connectivity index (χ2n) is 4.95. The number of aromatic hydroxyl groups is 2. The minimum atomic E-state index is -0.957. The smallest absolute Gasteiger partial charge is 0.308 e. The van der Waals surface area contributed by atoms with Gasteiger partial charge in [-0.3, -0.25) is 4.79 Å². The van der Waals surface area contributed by atoms with Crippen LogP contribution in [0.15, 0.2) is 48.5 Å². The zero-order valence-electron chi connectivity index (χ0n) is 12.0. The SMILES string of the molecule is O=C(CC(O)c1ccc(O)cc1)OCCc1ccc(O)cc1. The van der Waals surface area contributed by atoms with Gasteiger partial charge in [-0.05, 0) is 35.4 Å². The fraction of sp³-hybridized carbons (Fsp3) is 0.235. The van der Waals surface area contributed by atoms with E-state index in [0.717, 1.165) is 5.56 Å². The summed E-state index contributed by atoms with van der Waals surface area (Å²) in [5.41, 5.74) is 1.50. The van der Waals surface area contributed by atoms with Crippen LogP contribution in [0.5, 0.6) is 11.5 Å². The first-order valence-electron chi connectivity index (χ1n) is 6.95. The van der Waals surface area contributed by atoms with Crippen LogP contribution in [0.1, 0.15) is 23.7 Å². The normalized spacial score (nSPS) is 11.9. The Morgan fingerprint density at radius 3 is 2.09 bits per heavy atom. The first-order chi connectivity index (χ1) is 10.5. The Morgan fingerprint density at radius 1 is 0.955 bits per heavy atom. The number of hydrogen-bond acceptors (Lipinski definition) is 5. The molecule has 1 unspecified atom stereocenters. The van der Waals surface area contributed by atoms with Gasteiger partial charge < -0.3 is 20.1 Å². The summed E-state index contributed by atoms with van der Waals surface area (Å²) in [5.74, 6) is -0.190. The van der Waals surface area contributed by atoms with Gasteiger partial charge in [0, 0.05) is 6.42 Å². The highest BCUT2D eigenvalue weighted by atomic mass is 16.5. The van der Waals surface area contributed by atoms with Gasteiger partial charge in [0.05, 0.1) is 19.1 Å². The van der Waals surface area contributed by atoms with Crippen molar-refractivity contribution in [3.8, 4) is 11.5 Å². The number of esters is 1. The van der Waals surface area contributed by atoms with Gasteiger partial charge in [-0.1, -0.05) is 24.3 Å². The highest BCUT2D eigenvalue weighted by Crippen LogP contribution is 2.20. The Labute approximate surface area is 128 Å². The van der Waals surface area contributed by atoms with Crippen LogP contribution >= 0.6 is 0 Å². The summed E-state index contributed by atoms with van der Waals surface area (Å²) in [7, 11) is 0. The van der Waals surface area contributed by atoms with Gasteiger partial charge in [0.15, 0.2) is 0 Å². The summed E-state index contributed by atoms with van der Waals surface area (Å²) in [6.07, 6.45) is -0.552. The minimum absolute atomic E-state index is 0.104. The van der Waals surface area contributed by atoms with Crippen LogP contribution in [0.3, 0.4) is 0 Å². The van der Waals surface area contributed by atoms with E-state index in [1.54, 1.807) is 36.4 Å². The lowest BCUT2D eigenvalue weighted by molar-refractivity contribution is -0.145. The van der Waals surface area contributed by atoms with Crippen molar-refractivity contribution >= 4 is 5.97 Å². The minimum Gasteiger partial charge on any atom is -0.508 e. The molecule has 5 nitrogen and oxygen atoms in total. The largest absolute Gasteiger partial charge is 0.508 e. The summed E-state index contributed by atoms with van der Waals surface area (Å²) >= 11 is 0. The van der Waals surface area contributed by atoms with Gasteiger partial charge in [0.25, 0.3) is 0 Å². The van der Waals surface area contributed by atoms with Crippen LogP contribution in [0.2, 0.25) is 0 Å². The molecular weight excluding hydrogens is 284 g/mol. The lowest BCUT2D eigenvalue weighted by Crippen LogP contribution is -2.12. The molecule has 2 rings (SSSR count). The Morgan fingerprint density at radius 2 is 1.50 bits per heavy atom. The third-order valence-electron chi connectivity index (χ3n) is 3.23. The molecule has 22 heavy (non-hydrogen) atoms. The van der Waals surface area contributed by atoms with E-state index >= 15 is 0 Å². The number of rotatable bonds is 6. The maximum Gasteiger partial charge on any atom is 0.308 e. The number of carbonyl (C=O) groups is 1. The molecule has 0 aliphatic rings. The predicted octanol–water partition coefficient (Wildman–Crippen LogP) is 2.31. The molecule has 5 heteroatoms. The summed E-state index contributed by atoms with van der Waals surface area (Å²) in [6.45, 7) is 0.214. The number of aliphatic hydroxyl groups is 1. The average Bonchev–Trinajstić information content (AvgIpc) is 2.50. The first kappa shape index (κ1) is 15.9. The summed E-state index contributed by atoms with van der Waals surface area (Å²) in [5, 5.41) is 28.3. The topological polar surface area (TPSA) is 87.0 Å². The lowest BCUT2D eigenvalue weighted by atomic mass is 10.1. The number of aliphatic hydroxyl groups excluding tert-OH is 1. The quantitative estimate of drug-likeness (QED) is 0.713. The molecule has 0 aromatic heterocycles. The molecule has 116 valence electrons. The second-order valence-corrected chi connectivity index (χ2v) is 4.95. The third kappa shape index (κ3) is 4.79. The van der Waals surface area contributed by atoms with E-state index in [2.05, 4.69) is 0 Å². The van der Waals surface area contributed by atoms with Crippen molar-refractivity contribution in [3.63, 3.8) is 0 Å². The number of hydrogen-bond donors (Lipinski definition) is 3. The zero-order valence-corrected chi connectivity index (χ0v) is 12.0. The maximum atomic E-state index is 11.7. The Kier molecular flexibility index (Phi) is 5.38. The monoisotopic (exact) mass is 302 g/mol. The molecule has 1 atom stereocenters. The molecule has 0 heterocycles. The Balaban J connectivity index is 1.75. The van der Waals surface area contributed by atoms with Crippen LogP contribution < -0.4 is 0 Å². The van der Waals surface area contributed by atoms with Crippen LogP contribution in [-0.4, -0.2) is 27.9 Å². The molecule has 0 saturated heterocycles. The fourth-order valence-corrected chi connectivity index (χ4v) is 1.98. The van der Waals surface area contributed by atoms with E-state index in [0.29, 0.717) is 12.0 Å². The molecule has 2 aromatic rings. The summed E-state index contributed by atoms with van der Waals surface area (Å²) < 4.78 is 5.08. The highest BCUT2D eigenvalue weighted by molar-refractivity contribution is 5.70. The van der Waals surface area contributed by atoms with Gasteiger partial charge in [-0.25, -0.2) is 0 Å². The van der Waals surface area contributed by atoms with E-state index in [1.165, 1.54) is 12.1 Å². The molecule has 2 aromatic carbocycles. The second kappa shape index (κ2) is 7.47. The molecular formula is C17H18O5. The standard InChI is InChI=1S/C17H18O5/c18-14-5-1-12(2-6-14)9-10-22-17(21)11-16(20)13-3-7-15(19)8-4-13/h1-8,16,18-20H,9-11H2. The van der Waals surface area contributed by atoms with E-state index in [1.807, 2.05) is 0 Å². The Hall–Kier alpha value is -2.53. The van der Waals surface area contributed by atoms with Crippen molar-refractivity contribution in [1.29, 1.82) is 0 Å². The van der Waals surface area contributed by atoms with Crippen LogP contribution in [-0.2, 0) is 16.0 Å². The molecule has 0 aliphatic carbocycles. The molecule has 0 bridgehead atoms. The van der Waals surface area contributed by atoms with E-state index in [4.69, 9.17) is 9.84 Å². The van der Waals surface area contributed by atoms with Crippen molar-refractivity contribution in [2.75, 3.05) is 6.61 Å². The fourth-order valence-electron chi connectivity index (χ4n) is 1.98. The van der Waals surface area contributed by atoms with Crippen LogP contribution in [0.25, 0.3) is 0 Å². The van der Waals surface area contributed by atoms with Crippen molar-refractivity contribution < 1.29 is 24.9 Å². The van der Waals surface area contributed by atoms with Gasteiger partial charge in [0.2, 0.25) is 0 Å². The summed E-state index contributed by atoms with van der Waals surface area (Å²) in [6, 6.07) is 12.7. The third-order valence-corrected chi connectivity index (χ3v) is 3.23. The zero-order chi connectivity index (χ0) is 15.9. The maximum absolute atomic E-state index is 11.7. The number of benzene rings is 2. The number of phenolic OH excluding ortho intramolecular Hbond substituents is 2. The van der Waals surface area contributed by atoms with Gasteiger partial charge in [0.1, 0.15) is 11.5 Å². The van der Waals surface area contributed by atoms with Crippen LogP contribution in [0, 0.1) is 0 Å². The number of ether oxygens (including phenoxy) is 1.